The molecular formula is C22H20ClN7O. The van der Waals surface area contributed by atoms with Crippen molar-refractivity contribution in [3.05, 3.63) is 66.2 Å². The van der Waals surface area contributed by atoms with Gasteiger partial charge in [-0.2, -0.15) is 0 Å². The Morgan fingerprint density at radius 3 is 2.68 bits per heavy atom. The first-order valence-electron chi connectivity index (χ1n) is 9.98. The molecule has 0 spiro atoms. The van der Waals surface area contributed by atoms with E-state index in [0.29, 0.717) is 36.9 Å². The molecule has 1 aliphatic rings. The molecule has 9 heteroatoms. The summed E-state index contributed by atoms with van der Waals surface area (Å²) >= 11 is 6.15. The minimum atomic E-state index is -0.152. The highest BCUT2D eigenvalue weighted by Crippen LogP contribution is 2.29. The molecule has 8 nitrogen and oxygen atoms in total. The fourth-order valence-corrected chi connectivity index (χ4v) is 3.92. The van der Waals surface area contributed by atoms with E-state index in [1.165, 1.54) is 0 Å². The summed E-state index contributed by atoms with van der Waals surface area (Å²) in [6, 6.07) is 13.0. The van der Waals surface area contributed by atoms with E-state index in [-0.39, 0.29) is 6.03 Å². The number of aromatic amines is 1. The lowest BCUT2D eigenvalue weighted by Gasteiger charge is -2.35. The van der Waals surface area contributed by atoms with Crippen LogP contribution in [0.5, 0.6) is 0 Å². The number of urea groups is 1. The van der Waals surface area contributed by atoms with Crippen molar-refractivity contribution in [1.29, 1.82) is 0 Å². The van der Waals surface area contributed by atoms with Gasteiger partial charge in [0, 0.05) is 49.8 Å². The van der Waals surface area contributed by atoms with E-state index in [1.54, 1.807) is 29.6 Å². The monoisotopic (exact) mass is 433 g/mol. The number of aromatic nitrogens is 4. The first-order chi connectivity index (χ1) is 15.2. The number of H-pyrrole nitrogens is 1. The average Bonchev–Trinajstić information content (AvgIpc) is 3.26. The Bertz CT molecular complexity index is 1220. The summed E-state index contributed by atoms with van der Waals surface area (Å²) in [7, 11) is 0. The number of benzene rings is 1. The maximum Gasteiger partial charge on any atom is 0.322 e. The lowest BCUT2D eigenvalue weighted by atomic mass is 10.2. The summed E-state index contributed by atoms with van der Waals surface area (Å²) in [5, 5.41) is 4.36. The standard InChI is InChI=1S/C22H20ClN7O/c23-17-5-1-2-6-18(17)28-22(31)30-10-8-29(9-11-30)21-16-12-19(15-4-3-7-24-13-15)27-20(16)25-14-26-21/h1-7,12-14H,8-11H2,(H,28,31)(H,25,26,27). The molecule has 1 aliphatic heterocycles. The van der Waals surface area contributed by atoms with Crippen LogP contribution in [-0.2, 0) is 0 Å². The van der Waals surface area contributed by atoms with Crippen LogP contribution in [0.3, 0.4) is 0 Å². The number of rotatable bonds is 3. The molecule has 4 aromatic rings. The van der Waals surface area contributed by atoms with Crippen LogP contribution in [0.2, 0.25) is 5.02 Å². The molecular weight excluding hydrogens is 414 g/mol. The van der Waals surface area contributed by atoms with Gasteiger partial charge < -0.3 is 20.1 Å². The van der Waals surface area contributed by atoms with Gasteiger partial charge in [-0.25, -0.2) is 14.8 Å². The van der Waals surface area contributed by atoms with Crippen LogP contribution in [-0.4, -0.2) is 57.0 Å². The van der Waals surface area contributed by atoms with Crippen LogP contribution in [0.4, 0.5) is 16.3 Å². The number of amides is 2. The molecule has 0 radical (unpaired) electrons. The van der Waals surface area contributed by atoms with Gasteiger partial charge in [0.15, 0.2) is 0 Å². The second-order valence-corrected chi connectivity index (χ2v) is 7.68. The zero-order valence-electron chi connectivity index (χ0n) is 16.6. The van der Waals surface area contributed by atoms with Gasteiger partial charge in [-0.3, -0.25) is 4.98 Å². The van der Waals surface area contributed by atoms with Crippen molar-refractivity contribution in [2.24, 2.45) is 0 Å². The number of hydrogen-bond acceptors (Lipinski definition) is 5. The molecule has 2 N–H and O–H groups in total. The van der Waals surface area contributed by atoms with Crippen LogP contribution < -0.4 is 10.2 Å². The summed E-state index contributed by atoms with van der Waals surface area (Å²) in [5.74, 6) is 0.863. The van der Waals surface area contributed by atoms with Crippen LogP contribution in [0, 0.1) is 0 Å². The quantitative estimate of drug-likeness (QED) is 0.509. The zero-order valence-corrected chi connectivity index (χ0v) is 17.4. The van der Waals surface area contributed by atoms with E-state index in [9.17, 15) is 4.79 Å². The molecule has 1 aromatic carbocycles. The van der Waals surface area contributed by atoms with Gasteiger partial charge in [-0.1, -0.05) is 23.7 Å². The Balaban J connectivity index is 1.31. The van der Waals surface area contributed by atoms with E-state index in [0.717, 1.165) is 28.1 Å². The first-order valence-corrected chi connectivity index (χ1v) is 10.4. The van der Waals surface area contributed by atoms with E-state index >= 15 is 0 Å². The van der Waals surface area contributed by atoms with Crippen LogP contribution in [0.15, 0.2) is 61.2 Å². The Morgan fingerprint density at radius 2 is 1.90 bits per heavy atom. The third-order valence-electron chi connectivity index (χ3n) is 5.36. The van der Waals surface area contributed by atoms with Crippen molar-refractivity contribution in [2.45, 2.75) is 0 Å². The van der Waals surface area contributed by atoms with Gasteiger partial charge in [-0.15, -0.1) is 0 Å². The van der Waals surface area contributed by atoms with Gasteiger partial charge in [0.1, 0.15) is 17.8 Å². The molecule has 1 saturated heterocycles. The number of halogens is 1. The molecule has 0 atom stereocenters. The Morgan fingerprint density at radius 1 is 1.06 bits per heavy atom. The van der Waals surface area contributed by atoms with E-state index < -0.39 is 0 Å². The second kappa shape index (κ2) is 8.23. The molecule has 1 fully saturated rings. The predicted octanol–water partition coefficient (Wildman–Crippen LogP) is 4.03. The number of hydrogen-bond donors (Lipinski definition) is 2. The smallest absolute Gasteiger partial charge is 0.322 e. The maximum atomic E-state index is 12.6. The minimum absolute atomic E-state index is 0.152. The van der Waals surface area contributed by atoms with Crippen molar-refractivity contribution in [3.63, 3.8) is 0 Å². The Labute approximate surface area is 183 Å². The minimum Gasteiger partial charge on any atom is -0.352 e. The number of piperazine rings is 1. The van der Waals surface area contributed by atoms with Crippen molar-refractivity contribution >= 4 is 40.2 Å². The number of carbonyl (C=O) groups excluding carboxylic acids is 1. The molecule has 3 aromatic heterocycles. The zero-order chi connectivity index (χ0) is 21.2. The van der Waals surface area contributed by atoms with Gasteiger partial charge >= 0.3 is 6.03 Å². The van der Waals surface area contributed by atoms with Crippen molar-refractivity contribution < 1.29 is 4.79 Å². The van der Waals surface area contributed by atoms with Crippen LogP contribution in [0.25, 0.3) is 22.3 Å². The number of anilines is 2. The fourth-order valence-electron chi connectivity index (χ4n) is 3.73. The normalized spacial score (nSPS) is 14.1. The first kappa shape index (κ1) is 19.3. The SMILES string of the molecule is O=C(Nc1ccccc1Cl)N1CCN(c2ncnc3[nH]c(-c4cccnc4)cc23)CC1. The van der Waals surface area contributed by atoms with Crippen LogP contribution >= 0.6 is 11.6 Å². The average molecular weight is 434 g/mol. The van der Waals surface area contributed by atoms with Crippen molar-refractivity contribution in [3.8, 4) is 11.3 Å². The Hall–Kier alpha value is -3.65. The molecule has 0 aliphatic carbocycles. The van der Waals surface area contributed by atoms with Gasteiger partial charge in [0.05, 0.1) is 16.1 Å². The summed E-state index contributed by atoms with van der Waals surface area (Å²) in [6.07, 6.45) is 5.13. The van der Waals surface area contributed by atoms with E-state index in [2.05, 4.69) is 36.2 Å². The van der Waals surface area contributed by atoms with E-state index in [4.69, 9.17) is 11.6 Å². The van der Waals surface area contributed by atoms with Crippen molar-refractivity contribution in [2.75, 3.05) is 36.4 Å². The van der Waals surface area contributed by atoms with Gasteiger partial charge in [0.2, 0.25) is 0 Å². The van der Waals surface area contributed by atoms with Crippen LogP contribution in [0.1, 0.15) is 0 Å². The molecule has 0 saturated carbocycles. The summed E-state index contributed by atoms with van der Waals surface area (Å²) in [4.78, 5) is 33.1. The molecule has 156 valence electrons. The molecule has 0 unspecified atom stereocenters. The second-order valence-electron chi connectivity index (χ2n) is 7.27. The fraction of sp³-hybridized carbons (Fsp3) is 0.182. The number of carbonyl (C=O) groups is 1. The Kier molecular flexibility index (Phi) is 5.13. The highest BCUT2D eigenvalue weighted by atomic mass is 35.5. The van der Waals surface area contributed by atoms with Gasteiger partial charge in [-0.05, 0) is 30.3 Å². The molecule has 0 bridgehead atoms. The lowest BCUT2D eigenvalue weighted by Crippen LogP contribution is -2.50. The molecule has 5 rings (SSSR count). The third-order valence-corrected chi connectivity index (χ3v) is 5.69. The number of fused-ring (bicyclic) bond motifs is 1. The topological polar surface area (TPSA) is 90.0 Å². The summed E-state index contributed by atoms with van der Waals surface area (Å²) in [6.45, 7) is 2.52. The predicted molar refractivity (Wildman–Crippen MR) is 121 cm³/mol. The third kappa shape index (κ3) is 3.89. The summed E-state index contributed by atoms with van der Waals surface area (Å²) < 4.78 is 0. The molecule has 31 heavy (non-hydrogen) atoms. The number of nitrogens with zero attached hydrogens (tertiary/aromatic N) is 5. The maximum absolute atomic E-state index is 12.6. The molecule has 2 amide bonds. The largest absolute Gasteiger partial charge is 0.352 e. The highest BCUT2D eigenvalue weighted by molar-refractivity contribution is 6.33. The number of nitrogens with one attached hydrogen (secondary N) is 2. The summed E-state index contributed by atoms with van der Waals surface area (Å²) in [5.41, 5.74) is 3.34. The van der Waals surface area contributed by atoms with Gasteiger partial charge in [0.25, 0.3) is 0 Å². The highest BCUT2D eigenvalue weighted by Gasteiger charge is 2.24. The number of para-hydroxylation sites is 1. The van der Waals surface area contributed by atoms with Crippen molar-refractivity contribution in [1.82, 2.24) is 24.8 Å². The number of pyridine rings is 1. The molecule has 4 heterocycles. The lowest BCUT2D eigenvalue weighted by molar-refractivity contribution is 0.208. The van der Waals surface area contributed by atoms with E-state index in [1.807, 2.05) is 30.5 Å².